The van der Waals surface area contributed by atoms with Gasteiger partial charge >= 0.3 is 0 Å². The highest BCUT2D eigenvalue weighted by Gasteiger charge is 2.36. The number of rotatable bonds is 1. The summed E-state index contributed by atoms with van der Waals surface area (Å²) < 4.78 is 0.0167. The highest BCUT2D eigenvalue weighted by molar-refractivity contribution is 8.15. The molecule has 2 nitrogen and oxygen atoms in total. The number of thioether (sulfide) groups is 2. The van der Waals surface area contributed by atoms with Gasteiger partial charge in [0.15, 0.2) is 0 Å². The summed E-state index contributed by atoms with van der Waals surface area (Å²) in [6.07, 6.45) is 3.32. The molecule has 2 aliphatic rings. The number of fused-ring (bicyclic) bond motifs is 1. The molecule has 0 N–H and O–H groups in total. The van der Waals surface area contributed by atoms with Crippen LogP contribution in [0.25, 0.3) is 0 Å². The molecule has 1 atom stereocenters. The fraction of sp³-hybridized carbons (Fsp3) is 0.727. The Bertz CT molecular complexity index is 306. The van der Waals surface area contributed by atoms with Crippen molar-refractivity contribution in [1.82, 2.24) is 4.90 Å². The number of hydrogen-bond acceptors (Lipinski definition) is 4. The molecule has 2 heterocycles. The van der Waals surface area contributed by atoms with Crippen LogP contribution >= 0.6 is 23.5 Å². The molecule has 2 aliphatic heterocycles. The van der Waals surface area contributed by atoms with Gasteiger partial charge in [0.05, 0.1) is 11.1 Å². The van der Waals surface area contributed by atoms with Crippen LogP contribution < -0.4 is 0 Å². The van der Waals surface area contributed by atoms with E-state index in [2.05, 4.69) is 31.7 Å². The Morgan fingerprint density at radius 3 is 2.87 bits per heavy atom. The van der Waals surface area contributed by atoms with E-state index in [9.17, 15) is 4.79 Å². The second-order valence-corrected chi connectivity index (χ2v) is 7.87. The van der Waals surface area contributed by atoms with E-state index in [0.717, 1.165) is 18.0 Å². The van der Waals surface area contributed by atoms with Crippen molar-refractivity contribution in [3.8, 4) is 0 Å². The van der Waals surface area contributed by atoms with Crippen molar-refractivity contribution < 1.29 is 4.79 Å². The summed E-state index contributed by atoms with van der Waals surface area (Å²) in [7, 11) is 0. The SMILES string of the molecule is CC(C)(C)SC(=O)C1=CCSC2CCN12. The molecule has 1 unspecified atom stereocenters. The van der Waals surface area contributed by atoms with Crippen molar-refractivity contribution in [3.63, 3.8) is 0 Å². The molecule has 0 saturated carbocycles. The Hall–Kier alpha value is -0.0900. The second-order valence-electron chi connectivity index (χ2n) is 4.86. The fourth-order valence-electron chi connectivity index (χ4n) is 1.70. The molecule has 1 saturated heterocycles. The molecule has 2 rings (SSSR count). The van der Waals surface area contributed by atoms with E-state index in [0.29, 0.717) is 5.37 Å². The third kappa shape index (κ3) is 2.53. The highest BCUT2D eigenvalue weighted by atomic mass is 32.2. The summed E-state index contributed by atoms with van der Waals surface area (Å²) in [6, 6.07) is 0. The van der Waals surface area contributed by atoms with E-state index in [-0.39, 0.29) is 9.86 Å². The van der Waals surface area contributed by atoms with E-state index >= 15 is 0 Å². The lowest BCUT2D eigenvalue weighted by Gasteiger charge is -2.45. The highest BCUT2D eigenvalue weighted by Crippen LogP contribution is 2.39. The summed E-state index contributed by atoms with van der Waals surface area (Å²) >= 11 is 3.38. The minimum atomic E-state index is 0.0167. The van der Waals surface area contributed by atoms with E-state index < -0.39 is 0 Å². The van der Waals surface area contributed by atoms with Gasteiger partial charge < -0.3 is 4.90 Å². The van der Waals surface area contributed by atoms with Crippen LogP contribution in [0.15, 0.2) is 11.8 Å². The summed E-state index contributed by atoms with van der Waals surface area (Å²) in [5, 5.41) is 0.821. The Kier molecular flexibility index (Phi) is 3.08. The van der Waals surface area contributed by atoms with Gasteiger partial charge in [-0.1, -0.05) is 32.5 Å². The lowest BCUT2D eigenvalue weighted by atomic mass is 10.2. The molecule has 0 aliphatic carbocycles. The van der Waals surface area contributed by atoms with Crippen LogP contribution in [0.1, 0.15) is 27.2 Å². The topological polar surface area (TPSA) is 20.3 Å². The first-order valence-corrected chi connectivity index (χ1v) is 7.16. The van der Waals surface area contributed by atoms with Crippen molar-refractivity contribution in [3.05, 3.63) is 11.8 Å². The number of nitrogens with zero attached hydrogens (tertiary/aromatic N) is 1. The maximum absolute atomic E-state index is 12.0. The smallest absolute Gasteiger partial charge is 0.235 e. The van der Waals surface area contributed by atoms with Gasteiger partial charge in [0.1, 0.15) is 0 Å². The average Bonchev–Trinajstić information content (AvgIpc) is 2.03. The summed E-state index contributed by atoms with van der Waals surface area (Å²) in [5.41, 5.74) is 0.949. The molecule has 0 radical (unpaired) electrons. The second kappa shape index (κ2) is 4.06. The zero-order valence-corrected chi connectivity index (χ0v) is 11.1. The van der Waals surface area contributed by atoms with Gasteiger partial charge in [-0.15, -0.1) is 11.8 Å². The van der Waals surface area contributed by atoms with E-state index in [1.807, 2.05) is 11.8 Å². The zero-order valence-electron chi connectivity index (χ0n) is 9.45. The Balaban J connectivity index is 2.03. The first-order chi connectivity index (χ1) is 6.97. The maximum atomic E-state index is 12.0. The maximum Gasteiger partial charge on any atom is 0.235 e. The molecule has 0 aromatic heterocycles. The lowest BCUT2D eigenvalue weighted by Crippen LogP contribution is -2.48. The van der Waals surface area contributed by atoms with Gasteiger partial charge in [-0.05, 0) is 12.5 Å². The first-order valence-electron chi connectivity index (χ1n) is 5.29. The van der Waals surface area contributed by atoms with Crippen LogP contribution in [0.5, 0.6) is 0 Å². The number of carbonyl (C=O) groups excluding carboxylic acids is 1. The van der Waals surface area contributed by atoms with Crippen molar-refractivity contribution in [2.24, 2.45) is 0 Å². The predicted octanol–water partition coefficient (Wildman–Crippen LogP) is 2.71. The molecule has 84 valence electrons. The van der Waals surface area contributed by atoms with E-state index in [1.54, 1.807) is 0 Å². The molecule has 0 spiro atoms. The van der Waals surface area contributed by atoms with Gasteiger partial charge in [-0.2, -0.15) is 0 Å². The van der Waals surface area contributed by atoms with Crippen LogP contribution in [0.2, 0.25) is 0 Å². The van der Waals surface area contributed by atoms with Gasteiger partial charge in [0.25, 0.3) is 0 Å². The Morgan fingerprint density at radius 1 is 1.60 bits per heavy atom. The van der Waals surface area contributed by atoms with Crippen molar-refractivity contribution >= 4 is 28.6 Å². The largest absolute Gasteiger partial charge is 0.356 e. The molecule has 4 heteroatoms. The molecular weight excluding hydrogens is 226 g/mol. The third-order valence-corrected chi connectivity index (χ3v) is 4.69. The standard InChI is InChI=1S/C11H17NOS2/c1-11(2,3)15-10(13)8-5-7-14-9-4-6-12(8)9/h5,9H,4,6-7H2,1-3H3. The zero-order chi connectivity index (χ0) is 11.1. The Labute approximate surface area is 99.9 Å². The summed E-state index contributed by atoms with van der Waals surface area (Å²) in [5.74, 6) is 0.993. The van der Waals surface area contributed by atoms with Crippen LogP contribution in [0, 0.1) is 0 Å². The molecule has 0 bridgehead atoms. The molecule has 0 amide bonds. The molecule has 0 aromatic carbocycles. The fourth-order valence-corrected chi connectivity index (χ4v) is 3.71. The van der Waals surface area contributed by atoms with Gasteiger partial charge in [0.2, 0.25) is 5.12 Å². The van der Waals surface area contributed by atoms with Crippen LogP contribution in [-0.2, 0) is 4.79 Å². The lowest BCUT2D eigenvalue weighted by molar-refractivity contribution is -0.109. The van der Waals surface area contributed by atoms with E-state index in [4.69, 9.17) is 0 Å². The van der Waals surface area contributed by atoms with Crippen LogP contribution in [0.4, 0.5) is 0 Å². The molecular formula is C11H17NOS2. The number of hydrogen-bond donors (Lipinski definition) is 0. The Morgan fingerprint density at radius 2 is 2.33 bits per heavy atom. The number of carbonyl (C=O) groups is 1. The molecule has 1 fully saturated rings. The average molecular weight is 243 g/mol. The first kappa shape index (κ1) is 11.4. The summed E-state index contributed by atoms with van der Waals surface area (Å²) in [6.45, 7) is 7.31. The summed E-state index contributed by atoms with van der Waals surface area (Å²) in [4.78, 5) is 14.3. The van der Waals surface area contributed by atoms with Crippen LogP contribution in [0.3, 0.4) is 0 Å². The van der Waals surface area contributed by atoms with Gasteiger partial charge in [-0.3, -0.25) is 4.79 Å². The van der Waals surface area contributed by atoms with Crippen molar-refractivity contribution in [1.29, 1.82) is 0 Å². The third-order valence-electron chi connectivity index (χ3n) is 2.45. The minimum Gasteiger partial charge on any atom is -0.356 e. The quantitative estimate of drug-likeness (QED) is 0.705. The van der Waals surface area contributed by atoms with E-state index in [1.165, 1.54) is 18.2 Å². The minimum absolute atomic E-state index is 0.0167. The molecule has 15 heavy (non-hydrogen) atoms. The van der Waals surface area contributed by atoms with Gasteiger partial charge in [0, 0.05) is 17.0 Å². The van der Waals surface area contributed by atoms with Crippen molar-refractivity contribution in [2.75, 3.05) is 12.3 Å². The molecule has 0 aromatic rings. The van der Waals surface area contributed by atoms with Gasteiger partial charge in [-0.25, -0.2) is 0 Å². The van der Waals surface area contributed by atoms with Crippen LogP contribution in [-0.4, -0.2) is 32.4 Å². The normalized spacial score (nSPS) is 25.4. The monoisotopic (exact) mass is 243 g/mol. The predicted molar refractivity (Wildman–Crippen MR) is 68.0 cm³/mol. The van der Waals surface area contributed by atoms with Crippen molar-refractivity contribution in [2.45, 2.75) is 37.3 Å².